The minimum atomic E-state index is -0.137. The molecule has 0 aromatic rings. The van der Waals surface area contributed by atoms with Gasteiger partial charge in [0.2, 0.25) is 5.91 Å². The maximum atomic E-state index is 11.4. The van der Waals surface area contributed by atoms with E-state index in [2.05, 4.69) is 17.6 Å². The van der Waals surface area contributed by atoms with Crippen molar-refractivity contribution < 1.29 is 9.53 Å². The second kappa shape index (κ2) is 9.93. The molecule has 1 unspecified atom stereocenters. The molecule has 0 fully saturated rings. The van der Waals surface area contributed by atoms with E-state index in [-0.39, 0.29) is 11.9 Å². The summed E-state index contributed by atoms with van der Waals surface area (Å²) in [6.07, 6.45) is 2.00. The lowest BCUT2D eigenvalue weighted by atomic mass is 10.3. The third-order valence-electron chi connectivity index (χ3n) is 1.99. The molecule has 0 rings (SSSR count). The molecule has 0 aliphatic carbocycles. The number of carbonyl (C=O) groups excluding carboxylic acids is 1. The van der Waals surface area contributed by atoms with Crippen LogP contribution < -0.4 is 10.6 Å². The summed E-state index contributed by atoms with van der Waals surface area (Å²) in [7, 11) is 0. The molecule has 0 saturated carbocycles. The molecule has 4 heteroatoms. The highest BCUT2D eigenvalue weighted by atomic mass is 16.5. The van der Waals surface area contributed by atoms with E-state index in [1.165, 1.54) is 0 Å². The maximum Gasteiger partial charge on any atom is 0.236 e. The van der Waals surface area contributed by atoms with Crippen molar-refractivity contribution in [2.75, 3.05) is 26.3 Å². The minimum Gasteiger partial charge on any atom is -0.380 e. The van der Waals surface area contributed by atoms with E-state index in [4.69, 9.17) is 4.74 Å². The second-order valence-corrected chi connectivity index (χ2v) is 3.58. The molecule has 0 saturated heterocycles. The molecule has 4 nitrogen and oxygen atoms in total. The Morgan fingerprint density at radius 2 is 1.93 bits per heavy atom. The van der Waals surface area contributed by atoms with E-state index in [1.807, 2.05) is 13.8 Å². The first-order valence-electron chi connectivity index (χ1n) is 5.81. The van der Waals surface area contributed by atoms with Gasteiger partial charge in [-0.05, 0) is 19.8 Å². The van der Waals surface area contributed by atoms with Crippen LogP contribution in [0.15, 0.2) is 0 Å². The summed E-state index contributed by atoms with van der Waals surface area (Å²) in [6, 6.07) is -0.137. The van der Waals surface area contributed by atoms with E-state index in [0.717, 1.165) is 32.5 Å². The van der Waals surface area contributed by atoms with Gasteiger partial charge in [0, 0.05) is 19.7 Å². The predicted molar refractivity (Wildman–Crippen MR) is 61.9 cm³/mol. The summed E-state index contributed by atoms with van der Waals surface area (Å²) in [5.41, 5.74) is 0. The Morgan fingerprint density at radius 3 is 2.53 bits per heavy atom. The summed E-state index contributed by atoms with van der Waals surface area (Å²) in [5.74, 6) is 0.0624. The smallest absolute Gasteiger partial charge is 0.236 e. The first-order chi connectivity index (χ1) is 7.22. The van der Waals surface area contributed by atoms with E-state index < -0.39 is 0 Å². The molecule has 0 aliphatic heterocycles. The summed E-state index contributed by atoms with van der Waals surface area (Å²) in [6.45, 7) is 8.91. The molecule has 0 aliphatic rings. The Labute approximate surface area is 92.8 Å². The summed E-state index contributed by atoms with van der Waals surface area (Å²) in [4.78, 5) is 11.4. The Hall–Kier alpha value is -0.610. The quantitative estimate of drug-likeness (QED) is 0.563. The lowest BCUT2D eigenvalue weighted by molar-refractivity contribution is -0.122. The SMILES string of the molecule is CCCNC(=O)C(C)NCCOCCC. The Bertz CT molecular complexity index is 163. The van der Waals surface area contributed by atoms with Gasteiger partial charge in [0.25, 0.3) is 0 Å². The van der Waals surface area contributed by atoms with Gasteiger partial charge in [-0.15, -0.1) is 0 Å². The van der Waals surface area contributed by atoms with Gasteiger partial charge in [0.1, 0.15) is 0 Å². The zero-order valence-electron chi connectivity index (χ0n) is 10.1. The number of nitrogens with one attached hydrogen (secondary N) is 2. The lowest BCUT2D eigenvalue weighted by Gasteiger charge is -2.13. The van der Waals surface area contributed by atoms with Gasteiger partial charge in [0.05, 0.1) is 12.6 Å². The Morgan fingerprint density at radius 1 is 1.20 bits per heavy atom. The summed E-state index contributed by atoms with van der Waals surface area (Å²) < 4.78 is 5.30. The van der Waals surface area contributed by atoms with Crippen LogP contribution in [0.25, 0.3) is 0 Å². The molecule has 0 radical (unpaired) electrons. The summed E-state index contributed by atoms with van der Waals surface area (Å²) >= 11 is 0. The fraction of sp³-hybridized carbons (Fsp3) is 0.909. The molecule has 0 aromatic heterocycles. The van der Waals surface area contributed by atoms with Crippen LogP contribution >= 0.6 is 0 Å². The highest BCUT2D eigenvalue weighted by molar-refractivity contribution is 5.81. The molecule has 0 heterocycles. The van der Waals surface area contributed by atoms with Crippen molar-refractivity contribution in [3.8, 4) is 0 Å². The molecule has 90 valence electrons. The van der Waals surface area contributed by atoms with Crippen molar-refractivity contribution in [2.45, 2.75) is 39.7 Å². The van der Waals surface area contributed by atoms with Crippen molar-refractivity contribution in [2.24, 2.45) is 0 Å². The van der Waals surface area contributed by atoms with E-state index in [1.54, 1.807) is 0 Å². The molecule has 1 atom stereocenters. The molecule has 15 heavy (non-hydrogen) atoms. The molecule has 0 spiro atoms. The largest absolute Gasteiger partial charge is 0.380 e. The van der Waals surface area contributed by atoms with Crippen LogP contribution in [0, 0.1) is 0 Å². The average molecular weight is 216 g/mol. The van der Waals surface area contributed by atoms with Crippen LogP contribution in [0.1, 0.15) is 33.6 Å². The highest BCUT2D eigenvalue weighted by Gasteiger charge is 2.09. The fourth-order valence-corrected chi connectivity index (χ4v) is 1.09. The van der Waals surface area contributed by atoms with Gasteiger partial charge < -0.3 is 15.4 Å². The van der Waals surface area contributed by atoms with Crippen molar-refractivity contribution >= 4 is 5.91 Å². The zero-order chi connectivity index (χ0) is 11.5. The van der Waals surface area contributed by atoms with E-state index >= 15 is 0 Å². The first kappa shape index (κ1) is 14.4. The zero-order valence-corrected chi connectivity index (χ0v) is 10.1. The molecule has 2 N–H and O–H groups in total. The molecular weight excluding hydrogens is 192 g/mol. The lowest BCUT2D eigenvalue weighted by Crippen LogP contribution is -2.43. The number of rotatable bonds is 9. The van der Waals surface area contributed by atoms with Crippen LogP contribution in [0.5, 0.6) is 0 Å². The van der Waals surface area contributed by atoms with Crippen LogP contribution in [-0.4, -0.2) is 38.3 Å². The van der Waals surface area contributed by atoms with Crippen LogP contribution in [0.3, 0.4) is 0 Å². The minimum absolute atomic E-state index is 0.0624. The molecule has 0 aromatic carbocycles. The van der Waals surface area contributed by atoms with Crippen LogP contribution in [-0.2, 0) is 9.53 Å². The molecular formula is C11H24N2O2. The monoisotopic (exact) mass is 216 g/mol. The molecule has 0 bridgehead atoms. The van der Waals surface area contributed by atoms with E-state index in [0.29, 0.717) is 6.61 Å². The Balaban J connectivity index is 3.38. The van der Waals surface area contributed by atoms with Gasteiger partial charge in [-0.25, -0.2) is 0 Å². The Kier molecular flexibility index (Phi) is 9.52. The van der Waals surface area contributed by atoms with Gasteiger partial charge in [-0.3, -0.25) is 4.79 Å². The van der Waals surface area contributed by atoms with Crippen molar-refractivity contribution in [3.05, 3.63) is 0 Å². The average Bonchev–Trinajstić information content (AvgIpc) is 2.25. The van der Waals surface area contributed by atoms with E-state index in [9.17, 15) is 4.79 Å². The number of hydrogen-bond acceptors (Lipinski definition) is 3. The third kappa shape index (κ3) is 8.39. The third-order valence-corrected chi connectivity index (χ3v) is 1.99. The first-order valence-corrected chi connectivity index (χ1v) is 5.81. The van der Waals surface area contributed by atoms with Crippen molar-refractivity contribution in [3.63, 3.8) is 0 Å². The van der Waals surface area contributed by atoms with Crippen molar-refractivity contribution in [1.82, 2.24) is 10.6 Å². The van der Waals surface area contributed by atoms with Gasteiger partial charge in [-0.2, -0.15) is 0 Å². The number of hydrogen-bond donors (Lipinski definition) is 2. The number of amides is 1. The van der Waals surface area contributed by atoms with Gasteiger partial charge >= 0.3 is 0 Å². The predicted octanol–water partition coefficient (Wildman–Crippen LogP) is 0.917. The van der Waals surface area contributed by atoms with Crippen molar-refractivity contribution in [1.29, 1.82) is 0 Å². The number of carbonyl (C=O) groups is 1. The topological polar surface area (TPSA) is 50.4 Å². The standard InChI is InChI=1S/C11H24N2O2/c1-4-6-13-11(14)10(3)12-7-9-15-8-5-2/h10,12H,4-9H2,1-3H3,(H,13,14). The second-order valence-electron chi connectivity index (χ2n) is 3.58. The normalized spacial score (nSPS) is 12.5. The highest BCUT2D eigenvalue weighted by Crippen LogP contribution is 1.84. The van der Waals surface area contributed by atoms with Crippen LogP contribution in [0.2, 0.25) is 0 Å². The fourth-order valence-electron chi connectivity index (χ4n) is 1.09. The maximum absolute atomic E-state index is 11.4. The van der Waals surface area contributed by atoms with Crippen LogP contribution in [0.4, 0.5) is 0 Å². The summed E-state index contributed by atoms with van der Waals surface area (Å²) in [5, 5.41) is 5.96. The molecule has 1 amide bonds. The number of ether oxygens (including phenoxy) is 1. The van der Waals surface area contributed by atoms with Gasteiger partial charge in [-0.1, -0.05) is 13.8 Å². The van der Waals surface area contributed by atoms with Gasteiger partial charge in [0.15, 0.2) is 0 Å².